The van der Waals surface area contributed by atoms with Crippen LogP contribution in [0.2, 0.25) is 0 Å². The van der Waals surface area contributed by atoms with Crippen molar-refractivity contribution in [3.05, 3.63) is 40.7 Å². The monoisotopic (exact) mass is 229 g/mol. The zero-order valence-electron chi connectivity index (χ0n) is 9.52. The highest BCUT2D eigenvalue weighted by Gasteiger charge is 2.19. The number of anilines is 1. The fourth-order valence-corrected chi connectivity index (χ4v) is 2.36. The molecule has 3 rings (SSSR count). The molecule has 0 radical (unpaired) electrons. The fourth-order valence-electron chi connectivity index (χ4n) is 2.36. The Balaban J connectivity index is 2.03. The lowest BCUT2D eigenvalue weighted by atomic mass is 10.2. The smallest absolute Gasteiger partial charge is 0.248 e. The van der Waals surface area contributed by atoms with Crippen LogP contribution < -0.4 is 16.2 Å². The summed E-state index contributed by atoms with van der Waals surface area (Å²) in [7, 11) is 0. The van der Waals surface area contributed by atoms with Crippen molar-refractivity contribution in [3.63, 3.8) is 0 Å². The largest absolute Gasteiger partial charge is 0.370 e. The van der Waals surface area contributed by atoms with Crippen LogP contribution in [-0.4, -0.2) is 24.1 Å². The second-order valence-electron chi connectivity index (χ2n) is 4.59. The van der Waals surface area contributed by atoms with Gasteiger partial charge in [0.25, 0.3) is 0 Å². The van der Waals surface area contributed by atoms with Gasteiger partial charge in [-0.15, -0.1) is 0 Å². The molecule has 1 aromatic heterocycles. The van der Waals surface area contributed by atoms with Crippen LogP contribution >= 0.6 is 0 Å². The number of pyridine rings is 1. The minimum absolute atomic E-state index is 0.0622. The second kappa shape index (κ2) is 3.89. The van der Waals surface area contributed by atoms with Crippen LogP contribution in [0.15, 0.2) is 35.1 Å². The van der Waals surface area contributed by atoms with E-state index >= 15 is 0 Å². The van der Waals surface area contributed by atoms with Gasteiger partial charge in [-0.3, -0.25) is 4.79 Å². The molecule has 17 heavy (non-hydrogen) atoms. The predicted octanol–water partition coefficient (Wildman–Crippen LogP) is 1.07. The second-order valence-corrected chi connectivity index (χ2v) is 4.59. The highest BCUT2D eigenvalue weighted by atomic mass is 16.1. The van der Waals surface area contributed by atoms with Crippen LogP contribution in [0.25, 0.3) is 10.9 Å². The van der Waals surface area contributed by atoms with Crippen molar-refractivity contribution in [1.29, 1.82) is 0 Å². The summed E-state index contributed by atoms with van der Waals surface area (Å²) in [6.45, 7) is 1.88. The van der Waals surface area contributed by atoms with Crippen molar-refractivity contribution < 1.29 is 0 Å². The number of aromatic amines is 1. The molecule has 1 aliphatic heterocycles. The van der Waals surface area contributed by atoms with Crippen LogP contribution in [-0.2, 0) is 0 Å². The maximum Gasteiger partial charge on any atom is 0.248 e. The van der Waals surface area contributed by atoms with Crippen molar-refractivity contribution in [1.82, 2.24) is 4.98 Å². The molecule has 0 spiro atoms. The van der Waals surface area contributed by atoms with Crippen molar-refractivity contribution in [3.8, 4) is 0 Å². The number of hydrogen-bond donors (Lipinski definition) is 2. The van der Waals surface area contributed by atoms with E-state index in [2.05, 4.69) is 16.0 Å². The molecule has 4 heteroatoms. The van der Waals surface area contributed by atoms with Gasteiger partial charge < -0.3 is 15.6 Å². The van der Waals surface area contributed by atoms with E-state index in [1.807, 2.05) is 18.2 Å². The number of rotatable bonds is 1. The Hall–Kier alpha value is -1.81. The van der Waals surface area contributed by atoms with Gasteiger partial charge in [-0.05, 0) is 30.0 Å². The van der Waals surface area contributed by atoms with E-state index in [-0.39, 0.29) is 11.6 Å². The van der Waals surface area contributed by atoms with E-state index in [4.69, 9.17) is 5.73 Å². The van der Waals surface area contributed by atoms with E-state index in [0.717, 1.165) is 36.1 Å². The van der Waals surface area contributed by atoms with Gasteiger partial charge in [-0.1, -0.05) is 6.07 Å². The lowest BCUT2D eigenvalue weighted by molar-refractivity contribution is 0.752. The molecule has 1 unspecified atom stereocenters. The Labute approximate surface area is 99.0 Å². The summed E-state index contributed by atoms with van der Waals surface area (Å²) in [4.78, 5) is 16.4. The highest BCUT2D eigenvalue weighted by Crippen LogP contribution is 2.23. The van der Waals surface area contributed by atoms with E-state index in [9.17, 15) is 4.79 Å². The molecule has 0 aliphatic carbocycles. The first-order chi connectivity index (χ1) is 8.22. The summed E-state index contributed by atoms with van der Waals surface area (Å²) in [6, 6.07) is 9.79. The van der Waals surface area contributed by atoms with Gasteiger partial charge in [0, 0.05) is 30.9 Å². The molecule has 0 saturated carbocycles. The highest BCUT2D eigenvalue weighted by molar-refractivity contribution is 5.82. The lowest BCUT2D eigenvalue weighted by Gasteiger charge is -2.18. The fraction of sp³-hybridized carbons (Fsp3) is 0.308. The van der Waals surface area contributed by atoms with Crippen molar-refractivity contribution in [2.75, 3.05) is 18.0 Å². The van der Waals surface area contributed by atoms with Crippen LogP contribution in [0.1, 0.15) is 6.42 Å². The molecule has 1 aliphatic rings. The average Bonchev–Trinajstić information content (AvgIpc) is 2.75. The van der Waals surface area contributed by atoms with E-state index in [1.165, 1.54) is 0 Å². The van der Waals surface area contributed by atoms with Gasteiger partial charge in [0.15, 0.2) is 0 Å². The first-order valence-electron chi connectivity index (χ1n) is 5.86. The number of hydrogen-bond acceptors (Lipinski definition) is 3. The Kier molecular flexibility index (Phi) is 2.37. The van der Waals surface area contributed by atoms with Gasteiger partial charge in [-0.2, -0.15) is 0 Å². The number of aromatic nitrogens is 1. The molecule has 4 nitrogen and oxygen atoms in total. The molecule has 2 aromatic rings. The average molecular weight is 229 g/mol. The Morgan fingerprint density at radius 2 is 2.12 bits per heavy atom. The topological polar surface area (TPSA) is 62.1 Å². The number of fused-ring (bicyclic) bond motifs is 1. The van der Waals surface area contributed by atoms with E-state index < -0.39 is 0 Å². The van der Waals surface area contributed by atoms with E-state index in [0.29, 0.717) is 0 Å². The van der Waals surface area contributed by atoms with Gasteiger partial charge in [0.05, 0.1) is 5.52 Å². The van der Waals surface area contributed by atoms with Crippen molar-refractivity contribution >= 4 is 16.6 Å². The zero-order chi connectivity index (χ0) is 11.8. The van der Waals surface area contributed by atoms with Gasteiger partial charge in [0.2, 0.25) is 5.56 Å². The lowest BCUT2D eigenvalue weighted by Crippen LogP contribution is -2.26. The van der Waals surface area contributed by atoms with Gasteiger partial charge in [-0.25, -0.2) is 0 Å². The SMILES string of the molecule is NC1CCN(c2ccc3ccc(=O)[nH]c3c2)C1. The zero-order valence-corrected chi connectivity index (χ0v) is 9.52. The quantitative estimate of drug-likeness (QED) is 0.768. The summed E-state index contributed by atoms with van der Waals surface area (Å²) in [6.07, 6.45) is 1.03. The third-order valence-corrected chi connectivity index (χ3v) is 3.30. The van der Waals surface area contributed by atoms with Crippen LogP contribution in [0.4, 0.5) is 5.69 Å². The summed E-state index contributed by atoms with van der Waals surface area (Å²) in [5.74, 6) is 0. The number of nitrogens with two attached hydrogens (primary N) is 1. The molecular weight excluding hydrogens is 214 g/mol. The first-order valence-corrected chi connectivity index (χ1v) is 5.86. The molecule has 1 aromatic carbocycles. The van der Waals surface area contributed by atoms with Crippen molar-refractivity contribution in [2.24, 2.45) is 5.73 Å². The number of nitrogens with zero attached hydrogens (tertiary/aromatic N) is 1. The molecule has 0 bridgehead atoms. The molecular formula is C13H15N3O. The molecule has 1 saturated heterocycles. The molecule has 1 fully saturated rings. The van der Waals surface area contributed by atoms with Gasteiger partial charge >= 0.3 is 0 Å². The Morgan fingerprint density at radius 3 is 2.88 bits per heavy atom. The summed E-state index contributed by atoms with van der Waals surface area (Å²) in [5.41, 5.74) is 7.85. The van der Waals surface area contributed by atoms with Crippen LogP contribution in [0.3, 0.4) is 0 Å². The standard InChI is InChI=1S/C13H15N3O/c14-10-5-6-16(8-10)11-3-1-9-2-4-13(17)15-12(9)7-11/h1-4,7,10H,5-6,8,14H2,(H,15,17). The summed E-state index contributed by atoms with van der Waals surface area (Å²) in [5, 5.41) is 1.05. The number of benzene rings is 1. The third-order valence-electron chi connectivity index (χ3n) is 3.30. The Bertz CT molecular complexity index is 605. The third kappa shape index (κ3) is 1.91. The summed E-state index contributed by atoms with van der Waals surface area (Å²) < 4.78 is 0. The maximum absolute atomic E-state index is 11.3. The molecule has 88 valence electrons. The van der Waals surface area contributed by atoms with E-state index in [1.54, 1.807) is 6.07 Å². The molecule has 1 atom stereocenters. The van der Waals surface area contributed by atoms with Crippen molar-refractivity contribution in [2.45, 2.75) is 12.5 Å². The first kappa shape index (κ1) is 10.4. The Morgan fingerprint density at radius 1 is 1.29 bits per heavy atom. The molecule has 0 amide bonds. The molecule has 3 N–H and O–H groups in total. The van der Waals surface area contributed by atoms with Crippen LogP contribution in [0.5, 0.6) is 0 Å². The maximum atomic E-state index is 11.3. The normalized spacial score (nSPS) is 20.1. The van der Waals surface area contributed by atoms with Crippen LogP contribution in [0, 0.1) is 0 Å². The minimum Gasteiger partial charge on any atom is -0.370 e. The minimum atomic E-state index is -0.0622. The molecule has 2 heterocycles. The number of nitrogens with one attached hydrogen (secondary N) is 1. The predicted molar refractivity (Wildman–Crippen MR) is 69.4 cm³/mol. The number of H-pyrrole nitrogens is 1. The summed E-state index contributed by atoms with van der Waals surface area (Å²) >= 11 is 0. The van der Waals surface area contributed by atoms with Gasteiger partial charge in [0.1, 0.15) is 0 Å².